The van der Waals surface area contributed by atoms with Crippen molar-refractivity contribution < 1.29 is 0 Å². The van der Waals surface area contributed by atoms with Gasteiger partial charge in [-0.3, -0.25) is 0 Å². The monoisotopic (exact) mass is 240 g/mol. The third-order valence-electron chi connectivity index (χ3n) is 2.84. The summed E-state index contributed by atoms with van der Waals surface area (Å²) >= 11 is 0. The first-order chi connectivity index (χ1) is 8.59. The molecule has 0 fully saturated rings. The lowest BCUT2D eigenvalue weighted by atomic mass is 10.1. The summed E-state index contributed by atoms with van der Waals surface area (Å²) in [6.07, 6.45) is 0. The molecule has 0 saturated heterocycles. The van der Waals surface area contributed by atoms with E-state index in [2.05, 4.69) is 10.2 Å². The second-order valence-electron chi connectivity index (χ2n) is 4.22. The van der Waals surface area contributed by atoms with E-state index in [0.717, 1.165) is 16.8 Å². The summed E-state index contributed by atoms with van der Waals surface area (Å²) < 4.78 is 0. The zero-order valence-corrected chi connectivity index (χ0v) is 10.5. The lowest BCUT2D eigenvalue weighted by Crippen LogP contribution is -1.94. The molecule has 4 heteroatoms. The van der Waals surface area contributed by atoms with Crippen molar-refractivity contribution in [2.75, 3.05) is 11.5 Å². The highest BCUT2D eigenvalue weighted by atomic mass is 15.1. The summed E-state index contributed by atoms with van der Waals surface area (Å²) in [7, 11) is 0. The first-order valence-corrected chi connectivity index (χ1v) is 5.71. The van der Waals surface area contributed by atoms with Crippen molar-refractivity contribution in [1.29, 1.82) is 0 Å². The zero-order chi connectivity index (χ0) is 13.1. The second-order valence-corrected chi connectivity index (χ2v) is 4.22. The van der Waals surface area contributed by atoms with E-state index in [1.165, 1.54) is 0 Å². The molecule has 0 saturated carbocycles. The van der Waals surface area contributed by atoms with Crippen LogP contribution < -0.4 is 11.5 Å². The van der Waals surface area contributed by atoms with Crippen LogP contribution in [0.5, 0.6) is 0 Å². The SMILES string of the molecule is Cc1ccccc1N=Nc1c(N)ccc(C)c1N. The van der Waals surface area contributed by atoms with Crippen LogP contribution in [0, 0.1) is 13.8 Å². The molecule has 0 aliphatic carbocycles. The third kappa shape index (κ3) is 2.32. The van der Waals surface area contributed by atoms with Crippen LogP contribution in [0.3, 0.4) is 0 Å². The molecular formula is C14H16N4. The molecule has 2 aromatic rings. The van der Waals surface area contributed by atoms with Crippen molar-refractivity contribution in [3.8, 4) is 0 Å². The summed E-state index contributed by atoms with van der Waals surface area (Å²) in [6, 6.07) is 11.4. The van der Waals surface area contributed by atoms with Gasteiger partial charge in [-0.25, -0.2) is 0 Å². The fourth-order valence-electron chi connectivity index (χ4n) is 1.62. The van der Waals surface area contributed by atoms with Crippen LogP contribution >= 0.6 is 0 Å². The molecule has 0 radical (unpaired) electrons. The van der Waals surface area contributed by atoms with Crippen LogP contribution in [0.2, 0.25) is 0 Å². The average molecular weight is 240 g/mol. The van der Waals surface area contributed by atoms with Crippen LogP contribution in [0.25, 0.3) is 0 Å². The summed E-state index contributed by atoms with van der Waals surface area (Å²) in [6.45, 7) is 3.90. The fraction of sp³-hybridized carbons (Fsp3) is 0.143. The first kappa shape index (κ1) is 12.1. The van der Waals surface area contributed by atoms with Gasteiger partial charge in [0.25, 0.3) is 0 Å². The number of anilines is 2. The second kappa shape index (κ2) is 4.87. The first-order valence-electron chi connectivity index (χ1n) is 5.71. The minimum Gasteiger partial charge on any atom is -0.397 e. The van der Waals surface area contributed by atoms with Gasteiger partial charge in [-0.05, 0) is 37.1 Å². The van der Waals surface area contributed by atoms with Crippen LogP contribution in [0.15, 0.2) is 46.6 Å². The molecule has 0 bridgehead atoms. The van der Waals surface area contributed by atoms with Crippen LogP contribution in [-0.4, -0.2) is 0 Å². The Morgan fingerprint density at radius 2 is 1.56 bits per heavy atom. The highest BCUT2D eigenvalue weighted by molar-refractivity contribution is 5.78. The van der Waals surface area contributed by atoms with Gasteiger partial charge in [0.15, 0.2) is 0 Å². The number of nitrogens with two attached hydrogens (primary N) is 2. The van der Waals surface area contributed by atoms with Gasteiger partial charge in [-0.15, -0.1) is 5.11 Å². The standard InChI is InChI=1S/C14H16N4/c1-9-5-3-4-6-12(9)17-18-14-11(15)8-7-10(2)13(14)16/h3-8H,15-16H2,1-2H3. The van der Waals surface area contributed by atoms with Gasteiger partial charge in [0.05, 0.1) is 17.1 Å². The van der Waals surface area contributed by atoms with Crippen molar-refractivity contribution in [3.63, 3.8) is 0 Å². The maximum absolute atomic E-state index is 5.95. The van der Waals surface area contributed by atoms with Crippen molar-refractivity contribution in [2.45, 2.75) is 13.8 Å². The van der Waals surface area contributed by atoms with E-state index in [4.69, 9.17) is 11.5 Å². The molecule has 0 aliphatic rings. The van der Waals surface area contributed by atoms with Crippen LogP contribution in [-0.2, 0) is 0 Å². The van der Waals surface area contributed by atoms with E-state index >= 15 is 0 Å². The van der Waals surface area contributed by atoms with E-state index < -0.39 is 0 Å². The molecule has 92 valence electrons. The van der Waals surface area contributed by atoms with Gasteiger partial charge < -0.3 is 11.5 Å². The minimum absolute atomic E-state index is 0.537. The lowest BCUT2D eigenvalue weighted by molar-refractivity contribution is 1.21. The largest absolute Gasteiger partial charge is 0.397 e. The number of nitrogens with zero attached hydrogens (tertiary/aromatic N) is 2. The average Bonchev–Trinajstić information content (AvgIpc) is 2.36. The Morgan fingerprint density at radius 3 is 2.28 bits per heavy atom. The van der Waals surface area contributed by atoms with Gasteiger partial charge >= 0.3 is 0 Å². The van der Waals surface area contributed by atoms with Crippen molar-refractivity contribution >= 4 is 22.7 Å². The molecular weight excluding hydrogens is 224 g/mol. The third-order valence-corrected chi connectivity index (χ3v) is 2.84. The lowest BCUT2D eigenvalue weighted by Gasteiger charge is -2.06. The molecule has 0 heterocycles. The molecule has 2 aromatic carbocycles. The van der Waals surface area contributed by atoms with Crippen molar-refractivity contribution in [3.05, 3.63) is 47.5 Å². The number of aryl methyl sites for hydroxylation is 2. The van der Waals surface area contributed by atoms with Crippen molar-refractivity contribution in [1.82, 2.24) is 0 Å². The van der Waals surface area contributed by atoms with E-state index in [1.54, 1.807) is 6.07 Å². The molecule has 0 spiro atoms. The highest BCUT2D eigenvalue weighted by Crippen LogP contribution is 2.33. The maximum Gasteiger partial charge on any atom is 0.132 e. The smallest absolute Gasteiger partial charge is 0.132 e. The number of hydrogen-bond donors (Lipinski definition) is 2. The predicted molar refractivity (Wildman–Crippen MR) is 75.4 cm³/mol. The van der Waals surface area contributed by atoms with Gasteiger partial charge in [0.1, 0.15) is 5.69 Å². The molecule has 4 N–H and O–H groups in total. The van der Waals surface area contributed by atoms with Crippen LogP contribution in [0.1, 0.15) is 11.1 Å². The van der Waals surface area contributed by atoms with Crippen LogP contribution in [0.4, 0.5) is 22.7 Å². The molecule has 0 atom stereocenters. The zero-order valence-electron chi connectivity index (χ0n) is 10.5. The summed E-state index contributed by atoms with van der Waals surface area (Å²) in [4.78, 5) is 0. The molecule has 0 amide bonds. The number of hydrogen-bond acceptors (Lipinski definition) is 4. The Labute approximate surface area is 106 Å². The van der Waals surface area contributed by atoms with Gasteiger partial charge in [0, 0.05) is 0 Å². The van der Waals surface area contributed by atoms with E-state index in [0.29, 0.717) is 17.1 Å². The summed E-state index contributed by atoms with van der Waals surface area (Å²) in [5.41, 5.74) is 16.3. The highest BCUT2D eigenvalue weighted by Gasteiger charge is 2.05. The quantitative estimate of drug-likeness (QED) is 0.617. The molecule has 0 aromatic heterocycles. The number of benzene rings is 2. The van der Waals surface area contributed by atoms with E-state index in [1.807, 2.05) is 44.2 Å². The number of nitrogen functional groups attached to an aromatic ring is 2. The Kier molecular flexibility index (Phi) is 3.28. The maximum atomic E-state index is 5.95. The van der Waals surface area contributed by atoms with Gasteiger partial charge in [-0.1, -0.05) is 24.3 Å². The van der Waals surface area contributed by atoms with E-state index in [-0.39, 0.29) is 0 Å². The number of azo groups is 1. The van der Waals surface area contributed by atoms with Crippen molar-refractivity contribution in [2.24, 2.45) is 10.2 Å². The summed E-state index contributed by atoms with van der Waals surface area (Å²) in [5.74, 6) is 0. The topological polar surface area (TPSA) is 76.8 Å². The normalized spacial score (nSPS) is 11.0. The molecule has 4 nitrogen and oxygen atoms in total. The Morgan fingerprint density at radius 1 is 0.833 bits per heavy atom. The Hall–Kier alpha value is -2.36. The van der Waals surface area contributed by atoms with E-state index in [9.17, 15) is 0 Å². The van der Waals surface area contributed by atoms with Gasteiger partial charge in [-0.2, -0.15) is 5.11 Å². The predicted octanol–water partition coefficient (Wildman–Crippen LogP) is 3.88. The summed E-state index contributed by atoms with van der Waals surface area (Å²) in [5, 5.41) is 8.38. The van der Waals surface area contributed by atoms with Gasteiger partial charge in [0.2, 0.25) is 0 Å². The Bertz CT molecular complexity index is 603. The Balaban J connectivity index is 2.41. The number of rotatable bonds is 2. The molecule has 2 rings (SSSR count). The molecule has 0 aliphatic heterocycles. The molecule has 0 unspecified atom stereocenters. The fourth-order valence-corrected chi connectivity index (χ4v) is 1.62. The minimum atomic E-state index is 0.537. The molecule has 18 heavy (non-hydrogen) atoms.